The first-order valence-corrected chi connectivity index (χ1v) is 10.6. The molecule has 1 saturated heterocycles. The summed E-state index contributed by atoms with van der Waals surface area (Å²) in [6.07, 6.45) is 0.532. The number of amides is 1. The van der Waals surface area contributed by atoms with Crippen molar-refractivity contribution in [3.8, 4) is 0 Å². The van der Waals surface area contributed by atoms with Gasteiger partial charge in [0.1, 0.15) is 0 Å². The van der Waals surface area contributed by atoms with Gasteiger partial charge in [0.15, 0.2) is 9.84 Å². The normalized spacial score (nSPS) is 20.1. The highest BCUT2D eigenvalue weighted by Gasteiger charge is 2.35. The highest BCUT2D eigenvalue weighted by Crippen LogP contribution is 2.26. The Labute approximate surface area is 138 Å². The van der Waals surface area contributed by atoms with Crippen LogP contribution >= 0.6 is 22.7 Å². The number of hydrogen-bond acceptors (Lipinski definition) is 5. The molecule has 2 aromatic heterocycles. The number of sulfone groups is 1. The Morgan fingerprint density at radius 1 is 1.32 bits per heavy atom. The molecule has 1 fully saturated rings. The summed E-state index contributed by atoms with van der Waals surface area (Å²) >= 11 is 3.01. The van der Waals surface area contributed by atoms with E-state index in [-0.39, 0.29) is 23.5 Å². The van der Waals surface area contributed by atoms with Crippen LogP contribution in [0.25, 0.3) is 0 Å². The van der Waals surface area contributed by atoms with Gasteiger partial charge in [0.2, 0.25) is 0 Å². The fourth-order valence-corrected chi connectivity index (χ4v) is 5.96. The Bertz CT molecular complexity index is 762. The van der Waals surface area contributed by atoms with E-state index in [9.17, 15) is 13.2 Å². The fourth-order valence-electron chi connectivity index (χ4n) is 2.65. The molecule has 3 heterocycles. The standard InChI is InChI=1S/C15H17NO3S3/c1-11-4-7-21-14(11)9-16(12-5-8-22(18,19)10-12)15(17)13-3-2-6-20-13/h2-4,6-7,12H,5,8-10H2,1H3. The molecule has 1 unspecified atom stereocenters. The van der Waals surface area contributed by atoms with E-state index in [0.717, 1.165) is 10.4 Å². The molecule has 1 atom stereocenters. The summed E-state index contributed by atoms with van der Waals surface area (Å²) in [6, 6.07) is 5.45. The smallest absolute Gasteiger partial charge is 0.264 e. The Morgan fingerprint density at radius 3 is 2.68 bits per heavy atom. The summed E-state index contributed by atoms with van der Waals surface area (Å²) in [4.78, 5) is 16.3. The van der Waals surface area contributed by atoms with Gasteiger partial charge in [-0.2, -0.15) is 0 Å². The summed E-state index contributed by atoms with van der Waals surface area (Å²) < 4.78 is 23.6. The lowest BCUT2D eigenvalue weighted by Crippen LogP contribution is -2.40. The van der Waals surface area contributed by atoms with Crippen LogP contribution in [0.5, 0.6) is 0 Å². The molecule has 1 amide bonds. The Morgan fingerprint density at radius 2 is 2.14 bits per heavy atom. The highest BCUT2D eigenvalue weighted by atomic mass is 32.2. The van der Waals surface area contributed by atoms with E-state index in [1.54, 1.807) is 22.3 Å². The molecule has 0 radical (unpaired) electrons. The number of carbonyl (C=O) groups excluding carboxylic acids is 1. The molecular weight excluding hydrogens is 338 g/mol. The molecule has 0 bridgehead atoms. The molecule has 3 rings (SSSR count). The van der Waals surface area contributed by atoms with Crippen molar-refractivity contribution in [1.29, 1.82) is 0 Å². The van der Waals surface area contributed by atoms with Crippen LogP contribution in [0.3, 0.4) is 0 Å². The third-order valence-electron chi connectivity index (χ3n) is 3.92. The minimum absolute atomic E-state index is 0.0649. The Kier molecular flexibility index (Phi) is 4.38. The van der Waals surface area contributed by atoms with Crippen molar-refractivity contribution in [2.45, 2.75) is 25.9 Å². The lowest BCUT2D eigenvalue weighted by Gasteiger charge is -2.27. The van der Waals surface area contributed by atoms with E-state index < -0.39 is 9.84 Å². The van der Waals surface area contributed by atoms with Gasteiger partial charge < -0.3 is 4.90 Å². The lowest BCUT2D eigenvalue weighted by atomic mass is 10.2. The van der Waals surface area contributed by atoms with Crippen molar-refractivity contribution < 1.29 is 13.2 Å². The second-order valence-electron chi connectivity index (χ2n) is 5.49. The van der Waals surface area contributed by atoms with Gasteiger partial charge in [-0.25, -0.2) is 8.42 Å². The first-order chi connectivity index (χ1) is 10.5. The first kappa shape index (κ1) is 15.7. The molecule has 0 aliphatic carbocycles. The molecule has 7 heteroatoms. The van der Waals surface area contributed by atoms with Crippen LogP contribution in [-0.4, -0.2) is 36.8 Å². The largest absolute Gasteiger partial charge is 0.329 e. The lowest BCUT2D eigenvalue weighted by molar-refractivity contribution is 0.0688. The quantitative estimate of drug-likeness (QED) is 0.847. The number of carbonyl (C=O) groups is 1. The number of hydrogen-bond donors (Lipinski definition) is 0. The SMILES string of the molecule is Cc1ccsc1CN(C(=O)c1cccs1)C1CCS(=O)(=O)C1. The van der Waals surface area contributed by atoms with Gasteiger partial charge >= 0.3 is 0 Å². The molecule has 118 valence electrons. The minimum Gasteiger partial charge on any atom is -0.329 e. The van der Waals surface area contributed by atoms with Gasteiger partial charge in [-0.1, -0.05) is 6.07 Å². The van der Waals surface area contributed by atoms with Crippen LogP contribution in [-0.2, 0) is 16.4 Å². The topological polar surface area (TPSA) is 54.5 Å². The Hall–Kier alpha value is -1.18. The summed E-state index contributed by atoms with van der Waals surface area (Å²) in [5, 5.41) is 3.87. The molecule has 1 aliphatic heterocycles. The molecular formula is C15H17NO3S3. The van der Waals surface area contributed by atoms with Gasteiger partial charge in [-0.3, -0.25) is 4.79 Å². The van der Waals surface area contributed by atoms with E-state index >= 15 is 0 Å². The fraction of sp³-hybridized carbons (Fsp3) is 0.400. The zero-order valence-electron chi connectivity index (χ0n) is 12.2. The predicted octanol–water partition coefficient (Wildman–Crippen LogP) is 2.95. The summed E-state index contributed by atoms with van der Waals surface area (Å²) in [6.45, 7) is 2.51. The highest BCUT2D eigenvalue weighted by molar-refractivity contribution is 7.91. The van der Waals surface area contributed by atoms with Crippen molar-refractivity contribution >= 4 is 38.4 Å². The molecule has 0 aromatic carbocycles. The first-order valence-electron chi connectivity index (χ1n) is 7.04. The second-order valence-corrected chi connectivity index (χ2v) is 9.67. The molecule has 4 nitrogen and oxygen atoms in total. The van der Waals surface area contributed by atoms with E-state index in [0.29, 0.717) is 17.8 Å². The zero-order valence-corrected chi connectivity index (χ0v) is 14.6. The van der Waals surface area contributed by atoms with Crippen molar-refractivity contribution in [2.24, 2.45) is 0 Å². The van der Waals surface area contributed by atoms with Crippen LogP contribution in [0.1, 0.15) is 26.5 Å². The van der Waals surface area contributed by atoms with Crippen LogP contribution in [0.4, 0.5) is 0 Å². The van der Waals surface area contributed by atoms with Crippen LogP contribution < -0.4 is 0 Å². The maximum absolute atomic E-state index is 12.8. The van der Waals surface area contributed by atoms with Gasteiger partial charge in [-0.15, -0.1) is 22.7 Å². The number of thiophene rings is 2. The molecule has 1 aliphatic rings. The van der Waals surface area contributed by atoms with Gasteiger partial charge in [0, 0.05) is 10.9 Å². The molecule has 0 N–H and O–H groups in total. The zero-order chi connectivity index (χ0) is 15.7. The summed E-state index contributed by atoms with van der Waals surface area (Å²) in [5.41, 5.74) is 1.15. The van der Waals surface area contributed by atoms with Crippen LogP contribution in [0, 0.1) is 6.92 Å². The maximum atomic E-state index is 12.8. The third kappa shape index (κ3) is 3.26. The van der Waals surface area contributed by atoms with E-state index in [2.05, 4.69) is 0 Å². The third-order valence-corrected chi connectivity index (χ3v) is 7.54. The van der Waals surface area contributed by atoms with Crippen molar-refractivity contribution in [3.05, 3.63) is 44.3 Å². The van der Waals surface area contributed by atoms with Crippen molar-refractivity contribution in [3.63, 3.8) is 0 Å². The van der Waals surface area contributed by atoms with Crippen molar-refractivity contribution in [1.82, 2.24) is 4.90 Å². The average molecular weight is 356 g/mol. The minimum atomic E-state index is -3.02. The molecule has 22 heavy (non-hydrogen) atoms. The van der Waals surface area contributed by atoms with E-state index in [1.165, 1.54) is 11.3 Å². The van der Waals surface area contributed by atoms with Gasteiger partial charge in [-0.05, 0) is 41.8 Å². The number of aryl methyl sites for hydroxylation is 1. The van der Waals surface area contributed by atoms with Crippen LogP contribution in [0.15, 0.2) is 29.0 Å². The average Bonchev–Trinajstić information content (AvgIpc) is 3.17. The van der Waals surface area contributed by atoms with E-state index in [1.807, 2.05) is 29.8 Å². The number of nitrogens with zero attached hydrogens (tertiary/aromatic N) is 1. The molecule has 0 spiro atoms. The maximum Gasteiger partial charge on any atom is 0.264 e. The van der Waals surface area contributed by atoms with Crippen molar-refractivity contribution in [2.75, 3.05) is 11.5 Å². The van der Waals surface area contributed by atoms with Gasteiger partial charge in [0.05, 0.1) is 22.9 Å². The Balaban J connectivity index is 1.88. The predicted molar refractivity (Wildman–Crippen MR) is 90.3 cm³/mol. The van der Waals surface area contributed by atoms with E-state index in [4.69, 9.17) is 0 Å². The monoisotopic (exact) mass is 355 g/mol. The molecule has 0 saturated carbocycles. The van der Waals surface area contributed by atoms with Gasteiger partial charge in [0.25, 0.3) is 5.91 Å². The number of rotatable bonds is 4. The summed E-state index contributed by atoms with van der Waals surface area (Å²) in [7, 11) is -3.02. The summed E-state index contributed by atoms with van der Waals surface area (Å²) in [5.74, 6) is 0.189. The van der Waals surface area contributed by atoms with Crippen LogP contribution in [0.2, 0.25) is 0 Å². The molecule has 2 aromatic rings. The second kappa shape index (κ2) is 6.14.